The van der Waals surface area contributed by atoms with E-state index in [9.17, 15) is 4.39 Å². The van der Waals surface area contributed by atoms with Gasteiger partial charge in [0.2, 0.25) is 0 Å². The first-order chi connectivity index (χ1) is 8.70. The molecule has 0 radical (unpaired) electrons. The fourth-order valence-electron chi connectivity index (χ4n) is 2.02. The van der Waals surface area contributed by atoms with E-state index in [2.05, 4.69) is 12.2 Å². The van der Waals surface area contributed by atoms with E-state index in [1.54, 1.807) is 18.4 Å². The molecule has 2 aromatic rings. The van der Waals surface area contributed by atoms with E-state index >= 15 is 0 Å². The molecule has 3 heteroatoms. The Bertz CT molecular complexity index is 507. The van der Waals surface area contributed by atoms with Crippen molar-refractivity contribution in [2.24, 2.45) is 0 Å². The van der Waals surface area contributed by atoms with Crippen LogP contribution < -0.4 is 5.32 Å². The molecule has 0 saturated carbocycles. The van der Waals surface area contributed by atoms with Crippen molar-refractivity contribution in [2.45, 2.75) is 26.3 Å². The molecule has 0 bridgehead atoms. The molecule has 2 rings (SSSR count). The summed E-state index contributed by atoms with van der Waals surface area (Å²) in [6.07, 6.45) is 2.76. The summed E-state index contributed by atoms with van der Waals surface area (Å²) in [7, 11) is 0. The van der Waals surface area contributed by atoms with Gasteiger partial charge in [0.15, 0.2) is 0 Å². The number of rotatable bonds is 5. The molecule has 2 nitrogen and oxygen atoms in total. The summed E-state index contributed by atoms with van der Waals surface area (Å²) >= 11 is 0. The predicted molar refractivity (Wildman–Crippen MR) is 70.0 cm³/mol. The Morgan fingerprint density at radius 3 is 2.72 bits per heavy atom. The second-order valence-corrected chi connectivity index (χ2v) is 4.43. The molecule has 18 heavy (non-hydrogen) atoms. The quantitative estimate of drug-likeness (QED) is 0.869. The minimum atomic E-state index is -0.212. The van der Waals surface area contributed by atoms with Gasteiger partial charge >= 0.3 is 0 Å². The van der Waals surface area contributed by atoms with Crippen LogP contribution in [0.5, 0.6) is 0 Å². The number of hydrogen-bond acceptors (Lipinski definition) is 2. The maximum Gasteiger partial charge on any atom is 0.123 e. The highest BCUT2D eigenvalue weighted by atomic mass is 19.1. The summed E-state index contributed by atoms with van der Waals surface area (Å²) in [5, 5.41) is 3.42. The summed E-state index contributed by atoms with van der Waals surface area (Å²) in [6, 6.07) is 8.66. The zero-order valence-corrected chi connectivity index (χ0v) is 10.7. The van der Waals surface area contributed by atoms with Crippen LogP contribution in [-0.4, -0.2) is 6.54 Å². The Morgan fingerprint density at radius 1 is 1.28 bits per heavy atom. The molecular formula is C15H18FNO. The van der Waals surface area contributed by atoms with E-state index in [4.69, 9.17) is 4.42 Å². The molecule has 1 aromatic carbocycles. The average Bonchev–Trinajstić information content (AvgIpc) is 2.76. The Morgan fingerprint density at radius 2 is 2.11 bits per heavy atom. The number of benzene rings is 1. The summed E-state index contributed by atoms with van der Waals surface area (Å²) in [6.45, 7) is 4.90. The van der Waals surface area contributed by atoms with Crippen LogP contribution in [0.15, 0.2) is 41.0 Å². The second kappa shape index (κ2) is 5.83. The van der Waals surface area contributed by atoms with Crippen molar-refractivity contribution in [3.63, 3.8) is 0 Å². The molecule has 0 fully saturated rings. The molecule has 1 atom stereocenters. The van der Waals surface area contributed by atoms with E-state index in [-0.39, 0.29) is 11.9 Å². The van der Waals surface area contributed by atoms with Crippen molar-refractivity contribution >= 4 is 0 Å². The van der Waals surface area contributed by atoms with Gasteiger partial charge in [0, 0.05) is 5.56 Å². The molecule has 0 spiro atoms. The molecule has 0 amide bonds. The first-order valence-corrected chi connectivity index (χ1v) is 6.24. The molecule has 1 N–H and O–H groups in total. The lowest BCUT2D eigenvalue weighted by Crippen LogP contribution is -2.22. The third-order valence-corrected chi connectivity index (χ3v) is 2.86. The highest BCUT2D eigenvalue weighted by Gasteiger charge is 2.15. The first-order valence-electron chi connectivity index (χ1n) is 6.24. The van der Waals surface area contributed by atoms with E-state index in [1.807, 2.05) is 19.1 Å². The fraction of sp³-hybridized carbons (Fsp3) is 0.333. The SMILES string of the molecule is CCCNC(c1cccc(F)c1)c1coc(C)c1. The summed E-state index contributed by atoms with van der Waals surface area (Å²) < 4.78 is 18.7. The van der Waals surface area contributed by atoms with Crippen LogP contribution in [0.3, 0.4) is 0 Å². The lowest BCUT2D eigenvalue weighted by Gasteiger charge is -2.17. The van der Waals surface area contributed by atoms with Gasteiger partial charge in [-0.1, -0.05) is 19.1 Å². The van der Waals surface area contributed by atoms with E-state index < -0.39 is 0 Å². The van der Waals surface area contributed by atoms with E-state index in [0.717, 1.165) is 29.9 Å². The van der Waals surface area contributed by atoms with Gasteiger partial charge in [-0.05, 0) is 43.7 Å². The Kier molecular flexibility index (Phi) is 4.15. The smallest absolute Gasteiger partial charge is 0.123 e. The van der Waals surface area contributed by atoms with Crippen LogP contribution in [0.4, 0.5) is 4.39 Å². The molecule has 0 aliphatic heterocycles. The zero-order valence-electron chi connectivity index (χ0n) is 10.7. The molecule has 0 saturated heterocycles. The minimum absolute atomic E-state index is 0.0156. The van der Waals surface area contributed by atoms with Crippen molar-refractivity contribution < 1.29 is 8.81 Å². The number of nitrogens with one attached hydrogen (secondary N) is 1. The third-order valence-electron chi connectivity index (χ3n) is 2.86. The van der Waals surface area contributed by atoms with Gasteiger partial charge in [-0.25, -0.2) is 4.39 Å². The number of furan rings is 1. The third kappa shape index (κ3) is 2.99. The fourth-order valence-corrected chi connectivity index (χ4v) is 2.02. The first kappa shape index (κ1) is 12.8. The standard InChI is InChI=1S/C15H18FNO/c1-3-7-17-15(13-8-11(2)18-10-13)12-5-4-6-14(16)9-12/h4-6,8-10,15,17H,3,7H2,1-2H3. The van der Waals surface area contributed by atoms with Crippen LogP contribution >= 0.6 is 0 Å². The molecule has 0 aliphatic carbocycles. The maximum atomic E-state index is 13.3. The van der Waals surface area contributed by atoms with Crippen LogP contribution in [0.25, 0.3) is 0 Å². The average molecular weight is 247 g/mol. The van der Waals surface area contributed by atoms with Gasteiger partial charge in [-0.2, -0.15) is 0 Å². The Labute approximate surface area is 107 Å². The topological polar surface area (TPSA) is 25.2 Å². The monoisotopic (exact) mass is 247 g/mol. The van der Waals surface area contributed by atoms with Crippen molar-refractivity contribution in [1.82, 2.24) is 5.32 Å². The normalized spacial score (nSPS) is 12.6. The largest absolute Gasteiger partial charge is 0.469 e. The van der Waals surface area contributed by atoms with Crippen LogP contribution in [-0.2, 0) is 0 Å². The van der Waals surface area contributed by atoms with E-state index in [1.165, 1.54) is 6.07 Å². The van der Waals surface area contributed by atoms with Crippen LogP contribution in [0.1, 0.15) is 36.3 Å². The van der Waals surface area contributed by atoms with Crippen molar-refractivity contribution in [1.29, 1.82) is 0 Å². The molecular weight excluding hydrogens is 229 g/mol. The highest BCUT2D eigenvalue weighted by Crippen LogP contribution is 2.24. The van der Waals surface area contributed by atoms with E-state index in [0.29, 0.717) is 0 Å². The molecule has 1 unspecified atom stereocenters. The molecule has 96 valence electrons. The summed E-state index contributed by atoms with van der Waals surface area (Å²) in [4.78, 5) is 0. The number of halogens is 1. The molecule has 1 heterocycles. The van der Waals surface area contributed by atoms with Gasteiger partial charge in [0.05, 0.1) is 12.3 Å². The number of aryl methyl sites for hydroxylation is 1. The van der Waals surface area contributed by atoms with Gasteiger partial charge < -0.3 is 9.73 Å². The number of hydrogen-bond donors (Lipinski definition) is 1. The summed E-state index contributed by atoms with van der Waals surface area (Å²) in [5.74, 6) is 0.653. The Hall–Kier alpha value is -1.61. The minimum Gasteiger partial charge on any atom is -0.469 e. The lowest BCUT2D eigenvalue weighted by atomic mass is 10.0. The zero-order chi connectivity index (χ0) is 13.0. The lowest BCUT2D eigenvalue weighted by molar-refractivity contribution is 0.523. The van der Waals surface area contributed by atoms with Gasteiger partial charge in [0.1, 0.15) is 11.6 Å². The second-order valence-electron chi connectivity index (χ2n) is 4.43. The molecule has 1 aromatic heterocycles. The highest BCUT2D eigenvalue weighted by molar-refractivity contribution is 5.31. The van der Waals surface area contributed by atoms with Gasteiger partial charge in [-0.15, -0.1) is 0 Å². The predicted octanol–water partition coefficient (Wildman–Crippen LogP) is 3.82. The van der Waals surface area contributed by atoms with Crippen LogP contribution in [0.2, 0.25) is 0 Å². The maximum absolute atomic E-state index is 13.3. The van der Waals surface area contributed by atoms with Crippen molar-refractivity contribution in [3.05, 3.63) is 59.3 Å². The molecule has 0 aliphatic rings. The van der Waals surface area contributed by atoms with Crippen LogP contribution in [0, 0.1) is 12.7 Å². The van der Waals surface area contributed by atoms with Gasteiger partial charge in [-0.3, -0.25) is 0 Å². The Balaban J connectivity index is 2.30. The van der Waals surface area contributed by atoms with Crippen molar-refractivity contribution in [3.8, 4) is 0 Å². The summed E-state index contributed by atoms with van der Waals surface area (Å²) in [5.41, 5.74) is 1.95. The van der Waals surface area contributed by atoms with Gasteiger partial charge in [0.25, 0.3) is 0 Å². The van der Waals surface area contributed by atoms with Crippen molar-refractivity contribution in [2.75, 3.05) is 6.54 Å².